The van der Waals surface area contributed by atoms with Gasteiger partial charge in [-0.05, 0) is 72.4 Å². The van der Waals surface area contributed by atoms with Gasteiger partial charge in [-0.1, -0.05) is 56.3 Å². The fraction of sp³-hybridized carbons (Fsp3) is 0.256. The molecule has 0 aliphatic rings. The number of amides is 1. The highest BCUT2D eigenvalue weighted by atomic mass is 19.1. The van der Waals surface area contributed by atoms with Crippen LogP contribution < -0.4 is 14.6 Å². The smallest absolute Gasteiger partial charge is 0.373 e. The lowest BCUT2D eigenvalue weighted by atomic mass is 9.94. The number of nitrogens with zero attached hydrogens (tertiary/aromatic N) is 2. The molecule has 4 N–H and O–H groups in total. The molecule has 0 fully saturated rings. The van der Waals surface area contributed by atoms with Gasteiger partial charge in [0.05, 0.1) is 41.6 Å². The van der Waals surface area contributed by atoms with Gasteiger partial charge >= 0.3 is 11.8 Å². The quantitative estimate of drug-likeness (QED) is 0.0954. The Bertz CT molecular complexity index is 1910. The lowest BCUT2D eigenvalue weighted by Crippen LogP contribution is -2.29. The van der Waals surface area contributed by atoms with E-state index >= 15 is 0 Å². The van der Waals surface area contributed by atoms with E-state index in [0.29, 0.717) is 45.4 Å². The van der Waals surface area contributed by atoms with Crippen molar-refractivity contribution < 1.29 is 38.6 Å². The normalized spacial score (nSPS) is 12.5. The first-order valence-corrected chi connectivity index (χ1v) is 16.2. The summed E-state index contributed by atoms with van der Waals surface area (Å²) in [5, 5.41) is 33.2. The van der Waals surface area contributed by atoms with Crippen molar-refractivity contribution in [2.24, 2.45) is 7.05 Å². The number of nitrogens with one attached hydrogen (secondary N) is 1. The molecule has 2 heterocycles. The number of hydrogen-bond donors (Lipinski definition) is 4. The zero-order valence-electron chi connectivity index (χ0n) is 27.7. The minimum Gasteiger partial charge on any atom is -0.481 e. The summed E-state index contributed by atoms with van der Waals surface area (Å²) >= 11 is 0. The van der Waals surface area contributed by atoms with Gasteiger partial charge in [-0.15, -0.1) is 0 Å². The van der Waals surface area contributed by atoms with Crippen LogP contribution >= 0.6 is 0 Å². The summed E-state index contributed by atoms with van der Waals surface area (Å²) < 4.78 is 24.2. The van der Waals surface area contributed by atoms with E-state index in [-0.39, 0.29) is 31.2 Å². The average molecular weight is 667 g/mol. The third-order valence-corrected chi connectivity index (χ3v) is 8.26. The Labute approximate surface area is 284 Å². The Balaban J connectivity index is 1.65. The van der Waals surface area contributed by atoms with Gasteiger partial charge in [0.2, 0.25) is 0 Å². The number of aromatic nitrogens is 2. The first-order valence-electron chi connectivity index (χ1n) is 16.2. The number of rotatable bonds is 14. The molecule has 10 heteroatoms. The maximum Gasteiger partial charge on any atom is 0.373 e. The van der Waals surface area contributed by atoms with E-state index in [1.54, 1.807) is 24.3 Å². The van der Waals surface area contributed by atoms with Crippen LogP contribution in [0.15, 0.2) is 103 Å². The van der Waals surface area contributed by atoms with E-state index in [2.05, 4.69) is 5.32 Å². The van der Waals surface area contributed by atoms with E-state index in [4.69, 9.17) is 9.84 Å². The molecule has 2 aromatic heterocycles. The number of carbonyl (C=O) groups excluding carboxylic acids is 1. The predicted molar refractivity (Wildman–Crippen MR) is 185 cm³/mol. The Morgan fingerprint density at radius 1 is 0.878 bits per heavy atom. The highest BCUT2D eigenvalue weighted by Crippen LogP contribution is 2.43. The second kappa shape index (κ2) is 15.7. The van der Waals surface area contributed by atoms with Crippen molar-refractivity contribution in [1.29, 1.82) is 0 Å². The molecule has 3 aromatic carbocycles. The maximum atomic E-state index is 14.7. The molecule has 0 spiro atoms. The fourth-order valence-corrected chi connectivity index (χ4v) is 6.06. The molecule has 2 atom stereocenters. The van der Waals surface area contributed by atoms with Gasteiger partial charge in [0.15, 0.2) is 11.9 Å². The molecule has 5 rings (SSSR count). The van der Waals surface area contributed by atoms with Crippen LogP contribution in [0.3, 0.4) is 0 Å². The second-order valence-corrected chi connectivity index (χ2v) is 12.3. The Morgan fingerprint density at radius 3 is 2.22 bits per heavy atom. The molecule has 1 amide bonds. The number of carbonyl (C=O) groups is 2. The first kappa shape index (κ1) is 35.0. The van der Waals surface area contributed by atoms with Gasteiger partial charge in [-0.2, -0.15) is 4.57 Å². The van der Waals surface area contributed by atoms with Gasteiger partial charge in [0, 0.05) is 23.9 Å². The van der Waals surface area contributed by atoms with Gasteiger partial charge in [0.1, 0.15) is 12.9 Å². The fourth-order valence-electron chi connectivity index (χ4n) is 6.06. The summed E-state index contributed by atoms with van der Waals surface area (Å²) in [5.41, 5.74) is 4.32. The average Bonchev–Trinajstić information content (AvgIpc) is 3.41. The predicted octanol–water partition coefficient (Wildman–Crippen LogP) is 6.93. The van der Waals surface area contributed by atoms with Gasteiger partial charge in [0.25, 0.3) is 5.91 Å². The number of carboxylic acids is 1. The van der Waals surface area contributed by atoms with Crippen molar-refractivity contribution in [1.82, 2.24) is 4.57 Å². The van der Waals surface area contributed by atoms with Crippen LogP contribution in [0.5, 0.6) is 11.6 Å². The number of ether oxygens (including phenoxy) is 1. The zero-order valence-corrected chi connectivity index (χ0v) is 27.7. The minimum absolute atomic E-state index is 0.120. The molecule has 254 valence electrons. The molecule has 0 aliphatic heterocycles. The molecular weight excluding hydrogens is 625 g/mol. The summed E-state index contributed by atoms with van der Waals surface area (Å²) in [6.45, 7) is 4.19. The molecule has 0 unspecified atom stereocenters. The number of benzene rings is 3. The molecule has 0 radical (unpaired) electrons. The number of anilines is 1. The van der Waals surface area contributed by atoms with Crippen LogP contribution in [0.25, 0.3) is 22.4 Å². The van der Waals surface area contributed by atoms with Gasteiger partial charge < -0.3 is 29.9 Å². The van der Waals surface area contributed by atoms with E-state index in [1.165, 1.54) is 12.1 Å². The molecule has 0 bridgehead atoms. The van der Waals surface area contributed by atoms with E-state index < -0.39 is 30.4 Å². The Morgan fingerprint density at radius 2 is 1.55 bits per heavy atom. The summed E-state index contributed by atoms with van der Waals surface area (Å²) in [6, 6.07) is 28.3. The number of aryl methyl sites for hydroxylation is 1. The van der Waals surface area contributed by atoms with Crippen molar-refractivity contribution >= 4 is 17.6 Å². The number of aliphatic hydroxyl groups is 2. The number of pyridine rings is 1. The monoisotopic (exact) mass is 666 g/mol. The van der Waals surface area contributed by atoms with Crippen molar-refractivity contribution in [2.45, 2.75) is 57.8 Å². The highest BCUT2D eigenvalue weighted by molar-refractivity contribution is 6.13. The SMILES string of the molecule is CC(C)c1c(C(=O)Nc2ccccc2Oc2cccc[n+]2C)c(-c2ccccc2)c(-c2ccc(F)cc2)n1CC[C@@H](O)C[C@@H](O)CC(=O)O. The van der Waals surface area contributed by atoms with Crippen molar-refractivity contribution in [3.63, 3.8) is 0 Å². The van der Waals surface area contributed by atoms with Crippen molar-refractivity contribution in [3.05, 3.63) is 120 Å². The second-order valence-electron chi connectivity index (χ2n) is 12.3. The highest BCUT2D eigenvalue weighted by Gasteiger charge is 2.31. The van der Waals surface area contributed by atoms with Crippen molar-refractivity contribution in [3.8, 4) is 34.0 Å². The van der Waals surface area contributed by atoms with Crippen molar-refractivity contribution in [2.75, 3.05) is 5.32 Å². The largest absolute Gasteiger partial charge is 0.481 e. The Kier molecular flexibility index (Phi) is 11.2. The molecule has 0 saturated heterocycles. The van der Waals surface area contributed by atoms with E-state index in [1.807, 2.05) is 96.9 Å². The molecule has 5 aromatic rings. The number of hydrogen-bond acceptors (Lipinski definition) is 5. The molecule has 0 saturated carbocycles. The topological polar surface area (TPSA) is 125 Å². The Hall–Kier alpha value is -5.32. The van der Waals surface area contributed by atoms with Crippen LogP contribution in [0.4, 0.5) is 10.1 Å². The van der Waals surface area contributed by atoms with E-state index in [9.17, 15) is 24.2 Å². The number of aliphatic hydroxyl groups excluding tert-OH is 2. The standard InChI is InChI=1S/C39H40FN3O6/c1-25(2)37-36(39(48)41-31-13-7-8-14-32(31)49-33-15-9-10-21-42(33)3)35(26-11-5-4-6-12-26)38(27-16-18-28(40)19-17-27)43(37)22-20-29(44)23-30(45)24-34(46)47/h4-19,21,25,29-30,44-45H,20,22-24H2,1-3H3,(H-,41,46,47,48)/p+1/t29-,30-/m1/s1. The lowest BCUT2D eigenvalue weighted by Gasteiger charge is -2.20. The lowest BCUT2D eigenvalue weighted by molar-refractivity contribution is -0.675. The maximum absolute atomic E-state index is 14.7. The zero-order chi connectivity index (χ0) is 35.1. The summed E-state index contributed by atoms with van der Waals surface area (Å²) in [4.78, 5) is 25.8. The molecular formula is C39H41FN3O6+. The van der Waals surface area contributed by atoms with Crippen LogP contribution in [-0.2, 0) is 18.4 Å². The van der Waals surface area contributed by atoms with E-state index in [0.717, 1.165) is 5.56 Å². The molecule has 0 aliphatic carbocycles. The van der Waals surface area contributed by atoms with Crippen LogP contribution in [0.2, 0.25) is 0 Å². The molecule has 9 nitrogen and oxygen atoms in total. The summed E-state index contributed by atoms with van der Waals surface area (Å²) in [5.74, 6) is -1.09. The third kappa shape index (κ3) is 8.40. The van der Waals surface area contributed by atoms with Gasteiger partial charge in [-0.25, -0.2) is 4.39 Å². The number of aliphatic carboxylic acids is 1. The minimum atomic E-state index is -1.21. The van der Waals surface area contributed by atoms with Gasteiger partial charge in [-0.3, -0.25) is 9.59 Å². The van der Waals surface area contributed by atoms with Crippen LogP contribution in [-0.4, -0.2) is 44.0 Å². The third-order valence-electron chi connectivity index (χ3n) is 8.26. The number of para-hydroxylation sites is 2. The number of halogens is 1. The molecule has 49 heavy (non-hydrogen) atoms. The van der Waals surface area contributed by atoms with Crippen LogP contribution in [0, 0.1) is 5.82 Å². The number of carboxylic acid groups (broad SMARTS) is 1. The van der Waals surface area contributed by atoms with Crippen LogP contribution in [0.1, 0.15) is 55.1 Å². The first-order chi connectivity index (χ1) is 23.5. The summed E-state index contributed by atoms with van der Waals surface area (Å²) in [7, 11) is 1.86. The summed E-state index contributed by atoms with van der Waals surface area (Å²) in [6.07, 6.45) is -0.792.